The molecule has 1 aliphatic rings. The minimum absolute atomic E-state index is 0.144. The fourth-order valence-electron chi connectivity index (χ4n) is 3.42. The van der Waals surface area contributed by atoms with Gasteiger partial charge in [-0.15, -0.1) is 0 Å². The van der Waals surface area contributed by atoms with Gasteiger partial charge in [-0.1, -0.05) is 26.0 Å². The van der Waals surface area contributed by atoms with E-state index in [1.807, 2.05) is 12.1 Å². The standard InChI is InChI=1S/C17H26N2O2/c1-11-5-8-16(13(3)9-11)18-14(4)15-7-6-12(2)17(10-15)19(20)21/h6-7,10-11,13-14,16,18H,5,8-9H2,1-4H3. The highest BCUT2D eigenvalue weighted by molar-refractivity contribution is 5.43. The lowest BCUT2D eigenvalue weighted by Crippen LogP contribution is -2.40. The van der Waals surface area contributed by atoms with Crippen molar-refractivity contribution >= 4 is 5.69 Å². The van der Waals surface area contributed by atoms with Crippen LogP contribution in [0.1, 0.15) is 57.2 Å². The monoisotopic (exact) mass is 290 g/mol. The van der Waals surface area contributed by atoms with Crippen molar-refractivity contribution in [2.75, 3.05) is 0 Å². The molecular weight excluding hydrogens is 264 g/mol. The van der Waals surface area contributed by atoms with Crippen LogP contribution in [0.25, 0.3) is 0 Å². The van der Waals surface area contributed by atoms with Crippen molar-refractivity contribution in [3.05, 3.63) is 39.4 Å². The van der Waals surface area contributed by atoms with Crippen LogP contribution in [0.3, 0.4) is 0 Å². The molecular formula is C17H26N2O2. The third kappa shape index (κ3) is 3.82. The molecule has 4 nitrogen and oxygen atoms in total. The largest absolute Gasteiger partial charge is 0.307 e. The molecule has 0 heterocycles. The van der Waals surface area contributed by atoms with Crippen LogP contribution < -0.4 is 5.32 Å². The smallest absolute Gasteiger partial charge is 0.272 e. The van der Waals surface area contributed by atoms with E-state index in [2.05, 4.69) is 26.1 Å². The van der Waals surface area contributed by atoms with Crippen LogP contribution in [0.5, 0.6) is 0 Å². The molecule has 0 aromatic heterocycles. The zero-order valence-electron chi connectivity index (χ0n) is 13.4. The molecule has 1 fully saturated rings. The molecule has 1 aromatic carbocycles. The number of hydrogen-bond acceptors (Lipinski definition) is 3. The Morgan fingerprint density at radius 1 is 1.33 bits per heavy atom. The van der Waals surface area contributed by atoms with Crippen molar-refractivity contribution in [1.82, 2.24) is 5.32 Å². The molecule has 4 atom stereocenters. The molecule has 1 saturated carbocycles. The van der Waals surface area contributed by atoms with E-state index < -0.39 is 0 Å². The number of hydrogen-bond donors (Lipinski definition) is 1. The van der Waals surface area contributed by atoms with Gasteiger partial charge in [0.05, 0.1) is 4.92 Å². The van der Waals surface area contributed by atoms with Crippen molar-refractivity contribution < 1.29 is 4.92 Å². The van der Waals surface area contributed by atoms with Gasteiger partial charge in [0.1, 0.15) is 0 Å². The Hall–Kier alpha value is -1.42. The number of nitro benzene ring substituents is 1. The summed E-state index contributed by atoms with van der Waals surface area (Å²) in [7, 11) is 0. The second-order valence-electron chi connectivity index (χ2n) is 6.69. The van der Waals surface area contributed by atoms with Crippen molar-refractivity contribution in [3.8, 4) is 0 Å². The zero-order chi connectivity index (χ0) is 15.6. The predicted octanol–water partition coefficient (Wildman–Crippen LogP) is 4.38. The Morgan fingerprint density at radius 3 is 2.67 bits per heavy atom. The second kappa shape index (κ2) is 6.56. The van der Waals surface area contributed by atoms with E-state index in [0.29, 0.717) is 12.0 Å². The maximum atomic E-state index is 11.1. The molecule has 1 N–H and O–H groups in total. The minimum atomic E-state index is -0.295. The lowest BCUT2D eigenvalue weighted by molar-refractivity contribution is -0.385. The maximum Gasteiger partial charge on any atom is 0.272 e. The molecule has 21 heavy (non-hydrogen) atoms. The van der Waals surface area contributed by atoms with Crippen molar-refractivity contribution in [3.63, 3.8) is 0 Å². The summed E-state index contributed by atoms with van der Waals surface area (Å²) in [6, 6.07) is 6.21. The molecule has 1 aromatic rings. The van der Waals surface area contributed by atoms with Crippen LogP contribution in [0.4, 0.5) is 5.69 Å². The number of nitrogens with zero attached hydrogens (tertiary/aromatic N) is 1. The number of aryl methyl sites for hydroxylation is 1. The van der Waals surface area contributed by atoms with Crippen LogP contribution >= 0.6 is 0 Å². The molecule has 0 radical (unpaired) electrons. The van der Waals surface area contributed by atoms with Gasteiger partial charge in [-0.05, 0) is 50.5 Å². The van der Waals surface area contributed by atoms with Gasteiger partial charge >= 0.3 is 0 Å². The molecule has 0 bridgehead atoms. The minimum Gasteiger partial charge on any atom is -0.307 e. The molecule has 0 amide bonds. The fraction of sp³-hybridized carbons (Fsp3) is 0.647. The number of rotatable bonds is 4. The third-order valence-corrected chi connectivity index (χ3v) is 4.83. The van der Waals surface area contributed by atoms with Gasteiger partial charge in [-0.2, -0.15) is 0 Å². The van der Waals surface area contributed by atoms with E-state index in [-0.39, 0.29) is 16.7 Å². The Kier molecular flexibility index (Phi) is 4.99. The molecule has 1 aliphatic carbocycles. The van der Waals surface area contributed by atoms with E-state index in [4.69, 9.17) is 0 Å². The highest BCUT2D eigenvalue weighted by atomic mass is 16.6. The molecule has 4 unspecified atom stereocenters. The van der Waals surface area contributed by atoms with Crippen molar-refractivity contribution in [2.24, 2.45) is 11.8 Å². The van der Waals surface area contributed by atoms with E-state index >= 15 is 0 Å². The third-order valence-electron chi connectivity index (χ3n) is 4.83. The summed E-state index contributed by atoms with van der Waals surface area (Å²) in [5, 5.41) is 14.7. The summed E-state index contributed by atoms with van der Waals surface area (Å²) in [5.41, 5.74) is 1.93. The topological polar surface area (TPSA) is 55.2 Å². The number of nitrogens with one attached hydrogen (secondary N) is 1. The van der Waals surface area contributed by atoms with Crippen LogP contribution in [0.15, 0.2) is 18.2 Å². The molecule has 0 spiro atoms. The first-order valence-electron chi connectivity index (χ1n) is 7.89. The molecule has 2 rings (SSSR count). The number of benzene rings is 1. The lowest BCUT2D eigenvalue weighted by Gasteiger charge is -2.35. The molecule has 4 heteroatoms. The summed E-state index contributed by atoms with van der Waals surface area (Å²) in [4.78, 5) is 10.8. The maximum absolute atomic E-state index is 11.1. The zero-order valence-corrected chi connectivity index (χ0v) is 13.4. The highest BCUT2D eigenvalue weighted by Gasteiger charge is 2.26. The molecule has 116 valence electrons. The predicted molar refractivity (Wildman–Crippen MR) is 85.4 cm³/mol. The van der Waals surface area contributed by atoms with E-state index in [1.54, 1.807) is 13.0 Å². The van der Waals surface area contributed by atoms with Crippen molar-refractivity contribution in [1.29, 1.82) is 0 Å². The number of nitro groups is 1. The quantitative estimate of drug-likeness (QED) is 0.661. The average Bonchev–Trinajstić information content (AvgIpc) is 2.42. The highest BCUT2D eigenvalue weighted by Crippen LogP contribution is 2.31. The van der Waals surface area contributed by atoms with Gasteiger partial charge in [0.2, 0.25) is 0 Å². The summed E-state index contributed by atoms with van der Waals surface area (Å²) in [6.45, 7) is 8.50. The van der Waals surface area contributed by atoms with Crippen LogP contribution in [-0.4, -0.2) is 11.0 Å². The Morgan fingerprint density at radius 2 is 2.05 bits per heavy atom. The van der Waals surface area contributed by atoms with Gasteiger partial charge in [0.15, 0.2) is 0 Å². The van der Waals surface area contributed by atoms with Crippen LogP contribution in [0, 0.1) is 28.9 Å². The van der Waals surface area contributed by atoms with Crippen LogP contribution in [-0.2, 0) is 0 Å². The first-order valence-corrected chi connectivity index (χ1v) is 7.89. The molecule has 0 saturated heterocycles. The second-order valence-corrected chi connectivity index (χ2v) is 6.69. The summed E-state index contributed by atoms with van der Waals surface area (Å²) in [5.74, 6) is 1.48. The van der Waals surface area contributed by atoms with E-state index in [9.17, 15) is 10.1 Å². The van der Waals surface area contributed by atoms with Gasteiger partial charge < -0.3 is 5.32 Å². The average molecular weight is 290 g/mol. The lowest BCUT2D eigenvalue weighted by atomic mass is 9.79. The normalized spacial score (nSPS) is 27.3. The Labute approximate surface area is 127 Å². The van der Waals surface area contributed by atoms with Crippen molar-refractivity contribution in [2.45, 2.75) is 59.0 Å². The summed E-state index contributed by atoms with van der Waals surface area (Å²) < 4.78 is 0. The SMILES string of the molecule is Cc1ccc(C(C)NC2CCC(C)CC2C)cc1[N+](=O)[O-]. The van der Waals surface area contributed by atoms with E-state index in [1.165, 1.54) is 19.3 Å². The van der Waals surface area contributed by atoms with Crippen LogP contribution in [0.2, 0.25) is 0 Å². The molecule has 0 aliphatic heterocycles. The summed E-state index contributed by atoms with van der Waals surface area (Å²) in [6.07, 6.45) is 3.72. The Balaban J connectivity index is 2.08. The van der Waals surface area contributed by atoms with Gasteiger partial charge in [-0.25, -0.2) is 0 Å². The van der Waals surface area contributed by atoms with Gasteiger partial charge in [-0.3, -0.25) is 10.1 Å². The Bertz CT molecular complexity index is 516. The van der Waals surface area contributed by atoms with Gasteiger partial charge in [0.25, 0.3) is 5.69 Å². The first kappa shape index (κ1) is 16.0. The summed E-state index contributed by atoms with van der Waals surface area (Å²) >= 11 is 0. The fourth-order valence-corrected chi connectivity index (χ4v) is 3.42. The van der Waals surface area contributed by atoms with Gasteiger partial charge in [0, 0.05) is 23.7 Å². The van der Waals surface area contributed by atoms with E-state index in [0.717, 1.165) is 17.0 Å². The first-order chi connectivity index (χ1) is 9.88.